The van der Waals surface area contributed by atoms with Crippen molar-refractivity contribution in [3.8, 4) is 5.75 Å². The predicted molar refractivity (Wildman–Crippen MR) is 92.0 cm³/mol. The number of rotatable bonds is 7. The monoisotopic (exact) mass is 375 g/mol. The Labute approximate surface area is 145 Å². The van der Waals surface area contributed by atoms with Crippen molar-refractivity contribution in [2.24, 2.45) is 0 Å². The first-order valence-electron chi connectivity index (χ1n) is 6.79. The summed E-state index contributed by atoms with van der Waals surface area (Å²) in [6, 6.07) is 8.42. The molecule has 0 fully saturated rings. The Hall–Kier alpha value is -1.12. The molecule has 0 aliphatic heterocycles. The molecule has 1 unspecified atom stereocenters. The van der Waals surface area contributed by atoms with Crippen LogP contribution in [-0.4, -0.2) is 29.2 Å². The topological polar surface area (TPSA) is 64.6 Å². The number of halogens is 1. The van der Waals surface area contributed by atoms with Gasteiger partial charge in [-0.1, -0.05) is 11.6 Å². The zero-order valence-corrected chi connectivity index (χ0v) is 15.4. The number of hydrogen-bond donors (Lipinski definition) is 1. The fraction of sp³-hybridized carbons (Fsp3) is 0.333. The Bertz CT molecular complexity index is 774. The molecule has 8 heteroatoms. The highest BCUT2D eigenvalue weighted by Crippen LogP contribution is 2.29. The zero-order chi connectivity index (χ0) is 17.0. The van der Waals surface area contributed by atoms with Crippen LogP contribution in [0.1, 0.15) is 16.5 Å². The van der Waals surface area contributed by atoms with Gasteiger partial charge in [-0.25, -0.2) is 13.1 Å². The lowest BCUT2D eigenvalue weighted by atomic mass is 10.2. The van der Waals surface area contributed by atoms with Crippen LogP contribution in [-0.2, 0) is 14.8 Å². The first-order valence-corrected chi connectivity index (χ1v) is 9.47. The number of benzene rings is 1. The minimum absolute atomic E-state index is 0.126. The third kappa shape index (κ3) is 4.45. The molecule has 2 rings (SSSR count). The van der Waals surface area contributed by atoms with E-state index in [4.69, 9.17) is 21.1 Å². The van der Waals surface area contributed by atoms with Crippen molar-refractivity contribution in [3.05, 3.63) is 45.1 Å². The van der Waals surface area contributed by atoms with Crippen molar-refractivity contribution in [2.75, 3.05) is 20.8 Å². The summed E-state index contributed by atoms with van der Waals surface area (Å²) in [6.45, 7) is 1.85. The zero-order valence-electron chi connectivity index (χ0n) is 13.0. The summed E-state index contributed by atoms with van der Waals surface area (Å²) in [4.78, 5) is 1.09. The Balaban J connectivity index is 2.14. The minimum atomic E-state index is -3.64. The van der Waals surface area contributed by atoms with E-state index in [0.717, 1.165) is 4.88 Å². The van der Waals surface area contributed by atoms with Crippen molar-refractivity contribution < 1.29 is 17.9 Å². The van der Waals surface area contributed by atoms with Gasteiger partial charge in [-0.2, -0.15) is 0 Å². The number of hydrogen-bond acceptors (Lipinski definition) is 5. The van der Waals surface area contributed by atoms with Crippen LogP contribution in [0, 0.1) is 6.92 Å². The third-order valence-electron chi connectivity index (χ3n) is 3.33. The van der Waals surface area contributed by atoms with Gasteiger partial charge >= 0.3 is 0 Å². The van der Waals surface area contributed by atoms with Gasteiger partial charge in [-0.3, -0.25) is 0 Å². The van der Waals surface area contributed by atoms with E-state index in [1.165, 1.54) is 31.6 Å². The number of methoxy groups -OCH3 is 2. The van der Waals surface area contributed by atoms with Crippen molar-refractivity contribution in [3.63, 3.8) is 0 Å². The Morgan fingerprint density at radius 1 is 1.26 bits per heavy atom. The van der Waals surface area contributed by atoms with E-state index < -0.39 is 10.0 Å². The van der Waals surface area contributed by atoms with Crippen LogP contribution in [0.2, 0.25) is 4.34 Å². The van der Waals surface area contributed by atoms with Crippen LogP contribution >= 0.6 is 22.9 Å². The van der Waals surface area contributed by atoms with Crippen LogP contribution in [0.4, 0.5) is 0 Å². The minimum Gasteiger partial charge on any atom is -0.497 e. The molecule has 0 radical (unpaired) electrons. The summed E-state index contributed by atoms with van der Waals surface area (Å²) < 4.78 is 38.6. The van der Waals surface area contributed by atoms with Crippen molar-refractivity contribution in [2.45, 2.75) is 17.9 Å². The molecule has 0 bridgehead atoms. The average Bonchev–Trinajstić information content (AvgIpc) is 2.93. The molecule has 0 amide bonds. The Morgan fingerprint density at radius 2 is 2.00 bits per heavy atom. The van der Waals surface area contributed by atoms with Gasteiger partial charge in [0.25, 0.3) is 0 Å². The molecule has 0 aliphatic rings. The molecule has 0 saturated heterocycles. The molecule has 1 heterocycles. The molecule has 1 aromatic heterocycles. The highest BCUT2D eigenvalue weighted by molar-refractivity contribution is 7.89. The maximum Gasteiger partial charge on any atom is 0.240 e. The Morgan fingerprint density at radius 3 is 2.52 bits per heavy atom. The summed E-state index contributed by atoms with van der Waals surface area (Å²) in [6.07, 6.45) is -0.388. The number of ether oxygens (including phenoxy) is 2. The van der Waals surface area contributed by atoms with E-state index in [0.29, 0.717) is 15.6 Å². The van der Waals surface area contributed by atoms with Gasteiger partial charge in [-0.05, 0) is 42.8 Å². The van der Waals surface area contributed by atoms with Crippen LogP contribution in [0.25, 0.3) is 0 Å². The summed E-state index contributed by atoms with van der Waals surface area (Å²) in [5.41, 5.74) is 0.616. The quantitative estimate of drug-likeness (QED) is 0.805. The highest BCUT2D eigenvalue weighted by Gasteiger charge is 2.21. The summed E-state index contributed by atoms with van der Waals surface area (Å²) in [5, 5.41) is 0. The normalized spacial score (nSPS) is 13.0. The molecule has 23 heavy (non-hydrogen) atoms. The largest absolute Gasteiger partial charge is 0.497 e. The molecule has 1 aromatic carbocycles. The molecular formula is C15H18ClNO4S2. The average molecular weight is 376 g/mol. The molecule has 0 aliphatic carbocycles. The van der Waals surface area contributed by atoms with E-state index in [2.05, 4.69) is 4.72 Å². The van der Waals surface area contributed by atoms with Crippen LogP contribution < -0.4 is 9.46 Å². The molecule has 1 N–H and O–H groups in total. The predicted octanol–water partition coefficient (Wildman–Crippen LogP) is 3.38. The van der Waals surface area contributed by atoms with Crippen LogP contribution in [0.3, 0.4) is 0 Å². The van der Waals surface area contributed by atoms with Gasteiger partial charge < -0.3 is 9.47 Å². The summed E-state index contributed by atoms with van der Waals surface area (Å²) >= 11 is 7.27. The number of nitrogens with one attached hydrogen (secondary N) is 1. The fourth-order valence-corrected chi connectivity index (χ4v) is 4.51. The van der Waals surface area contributed by atoms with Gasteiger partial charge in [-0.15, -0.1) is 11.3 Å². The van der Waals surface area contributed by atoms with Crippen molar-refractivity contribution in [1.82, 2.24) is 4.72 Å². The number of aryl methyl sites for hydroxylation is 1. The molecule has 0 saturated carbocycles. The molecule has 126 valence electrons. The molecule has 2 aromatic rings. The maximum absolute atomic E-state index is 12.5. The summed E-state index contributed by atoms with van der Waals surface area (Å²) in [7, 11) is -0.565. The second-order valence-electron chi connectivity index (χ2n) is 4.85. The lowest BCUT2D eigenvalue weighted by Crippen LogP contribution is -2.29. The molecule has 5 nitrogen and oxygen atoms in total. The molecular weight excluding hydrogens is 358 g/mol. The van der Waals surface area contributed by atoms with E-state index in [-0.39, 0.29) is 17.5 Å². The van der Waals surface area contributed by atoms with Gasteiger partial charge in [0, 0.05) is 18.5 Å². The van der Waals surface area contributed by atoms with E-state index in [9.17, 15) is 8.42 Å². The van der Waals surface area contributed by atoms with E-state index in [1.807, 2.05) is 6.07 Å². The highest BCUT2D eigenvalue weighted by atomic mass is 35.5. The van der Waals surface area contributed by atoms with E-state index in [1.54, 1.807) is 25.1 Å². The van der Waals surface area contributed by atoms with Gasteiger partial charge in [0.2, 0.25) is 10.0 Å². The van der Waals surface area contributed by atoms with Crippen molar-refractivity contribution >= 4 is 33.0 Å². The fourth-order valence-electron chi connectivity index (χ4n) is 2.11. The molecule has 1 atom stereocenters. The lowest BCUT2D eigenvalue weighted by molar-refractivity contribution is 0.110. The third-order valence-corrected chi connectivity index (χ3v) is 6.23. The SMILES string of the molecule is COc1ccc(S(=O)(=O)NCC(OC)c2ccc(Cl)s2)c(C)c1. The number of thiophene rings is 1. The second-order valence-corrected chi connectivity index (χ2v) is 8.33. The van der Waals surface area contributed by atoms with Gasteiger partial charge in [0.1, 0.15) is 11.9 Å². The smallest absolute Gasteiger partial charge is 0.240 e. The first kappa shape index (κ1) is 18.2. The first-order chi connectivity index (χ1) is 10.9. The van der Waals surface area contributed by atoms with Crippen LogP contribution in [0.15, 0.2) is 35.2 Å². The summed E-state index contributed by atoms with van der Waals surface area (Å²) in [5.74, 6) is 0.615. The van der Waals surface area contributed by atoms with Gasteiger partial charge in [0.15, 0.2) is 0 Å². The lowest BCUT2D eigenvalue weighted by Gasteiger charge is -2.16. The second kappa shape index (κ2) is 7.63. The van der Waals surface area contributed by atoms with Gasteiger partial charge in [0.05, 0.1) is 16.3 Å². The van der Waals surface area contributed by atoms with E-state index >= 15 is 0 Å². The maximum atomic E-state index is 12.5. The standard InChI is InChI=1S/C15H18ClNO4S2/c1-10-8-11(20-2)4-6-14(10)23(18,19)17-9-12(21-3)13-5-7-15(16)22-13/h4-8,12,17H,9H2,1-3H3. The molecule has 0 spiro atoms. The Kier molecular flexibility index (Phi) is 6.05. The van der Waals surface area contributed by atoms with Crippen LogP contribution in [0.5, 0.6) is 5.75 Å². The van der Waals surface area contributed by atoms with Crippen molar-refractivity contribution in [1.29, 1.82) is 0 Å². The number of sulfonamides is 1.